The maximum Gasteiger partial charge on any atom is 0.261 e. The van der Waals surface area contributed by atoms with Crippen LogP contribution in [0.15, 0.2) is 35.6 Å². The average molecular weight is 394 g/mol. The number of carbonyl (C=O) groups excluding carboxylic acids is 1. The molecule has 1 fully saturated rings. The van der Waals surface area contributed by atoms with Crippen molar-refractivity contribution in [3.63, 3.8) is 0 Å². The van der Waals surface area contributed by atoms with E-state index in [-0.39, 0.29) is 24.4 Å². The number of nitrogens with zero attached hydrogens (tertiary/aromatic N) is 3. The van der Waals surface area contributed by atoms with Crippen molar-refractivity contribution in [2.75, 3.05) is 30.3 Å². The van der Waals surface area contributed by atoms with E-state index in [1.807, 2.05) is 29.4 Å². The fourth-order valence-corrected chi connectivity index (χ4v) is 4.48. The van der Waals surface area contributed by atoms with Gasteiger partial charge in [0.05, 0.1) is 10.6 Å². The molecule has 1 atom stereocenters. The number of nitrogens with one attached hydrogen (secondary N) is 1. The number of aromatic amines is 1. The third-order valence-electron chi connectivity index (χ3n) is 4.82. The summed E-state index contributed by atoms with van der Waals surface area (Å²) in [5.74, 6) is 1.01. The number of aromatic nitrogens is 2. The zero-order chi connectivity index (χ0) is 17.2. The van der Waals surface area contributed by atoms with E-state index >= 15 is 0 Å². The molecule has 0 aliphatic carbocycles. The Morgan fingerprint density at radius 2 is 2.19 bits per heavy atom. The first-order valence-electron chi connectivity index (χ1n) is 8.80. The quantitative estimate of drug-likeness (QED) is 0.820. The lowest BCUT2D eigenvalue weighted by molar-refractivity contribution is -0.126. The van der Waals surface area contributed by atoms with Gasteiger partial charge in [-0.1, -0.05) is 6.42 Å². The molecule has 2 aromatic rings. The Balaban J connectivity index is 0.00000196. The molecular weight excluding hydrogens is 370 g/mol. The summed E-state index contributed by atoms with van der Waals surface area (Å²) in [5.41, 5.74) is 8.08. The van der Waals surface area contributed by atoms with E-state index in [2.05, 4.69) is 14.9 Å². The van der Waals surface area contributed by atoms with Crippen LogP contribution in [-0.4, -0.2) is 52.2 Å². The van der Waals surface area contributed by atoms with Crippen molar-refractivity contribution >= 4 is 46.8 Å². The number of pyridine rings is 1. The number of halogens is 1. The van der Waals surface area contributed by atoms with Crippen molar-refractivity contribution in [3.8, 4) is 0 Å². The minimum atomic E-state index is 0. The molecule has 2 aliphatic rings. The standard InChI is InChI=1S/C18H23N5OS.ClH/c19-13-3-1-2-8-23(11-13)18(24)16-12-22(9-10-25-16)15-5-7-21-17-14(15)4-6-20-17;/h4-7,12-13H,1-3,8-11,19H2,(H,20,21);1H/t13-;/m0./s1. The largest absolute Gasteiger partial charge is 0.346 e. The molecule has 0 spiro atoms. The topological polar surface area (TPSA) is 78.2 Å². The molecule has 2 aliphatic heterocycles. The third kappa shape index (κ3) is 3.84. The van der Waals surface area contributed by atoms with Crippen LogP contribution >= 0.6 is 24.2 Å². The Hall–Kier alpha value is -1.70. The second kappa shape index (κ2) is 8.33. The van der Waals surface area contributed by atoms with Crippen molar-refractivity contribution in [1.82, 2.24) is 14.9 Å². The van der Waals surface area contributed by atoms with Gasteiger partial charge in [0, 0.05) is 55.4 Å². The van der Waals surface area contributed by atoms with Crippen LogP contribution in [0.3, 0.4) is 0 Å². The zero-order valence-electron chi connectivity index (χ0n) is 14.6. The van der Waals surface area contributed by atoms with Gasteiger partial charge in [0.25, 0.3) is 5.91 Å². The highest BCUT2D eigenvalue weighted by atomic mass is 35.5. The highest BCUT2D eigenvalue weighted by Gasteiger charge is 2.26. The summed E-state index contributed by atoms with van der Waals surface area (Å²) < 4.78 is 0. The lowest BCUT2D eigenvalue weighted by Gasteiger charge is -2.29. The lowest BCUT2D eigenvalue weighted by Crippen LogP contribution is -2.41. The molecule has 6 nitrogen and oxygen atoms in total. The Labute approximate surface area is 163 Å². The van der Waals surface area contributed by atoms with Gasteiger partial charge in [-0.25, -0.2) is 4.98 Å². The van der Waals surface area contributed by atoms with Crippen molar-refractivity contribution < 1.29 is 4.79 Å². The van der Waals surface area contributed by atoms with Crippen LogP contribution < -0.4 is 10.6 Å². The molecule has 1 saturated heterocycles. The third-order valence-corrected chi connectivity index (χ3v) is 5.79. The van der Waals surface area contributed by atoms with E-state index in [0.29, 0.717) is 6.54 Å². The Morgan fingerprint density at radius 3 is 3.08 bits per heavy atom. The van der Waals surface area contributed by atoms with Gasteiger partial charge in [-0.3, -0.25) is 4.79 Å². The summed E-state index contributed by atoms with van der Waals surface area (Å²) in [6.45, 7) is 2.35. The molecular formula is C18H24ClN5OS. The van der Waals surface area contributed by atoms with Crippen molar-refractivity contribution in [1.29, 1.82) is 0 Å². The summed E-state index contributed by atoms with van der Waals surface area (Å²) in [6, 6.07) is 4.13. The average Bonchev–Trinajstić information content (AvgIpc) is 3.02. The first-order valence-corrected chi connectivity index (χ1v) is 9.79. The Kier molecular flexibility index (Phi) is 6.11. The number of thioether (sulfide) groups is 1. The van der Waals surface area contributed by atoms with Crippen LogP contribution in [0.4, 0.5) is 5.69 Å². The van der Waals surface area contributed by atoms with Crippen molar-refractivity contribution in [2.45, 2.75) is 25.3 Å². The molecule has 26 heavy (non-hydrogen) atoms. The fraction of sp³-hybridized carbons (Fsp3) is 0.444. The summed E-state index contributed by atoms with van der Waals surface area (Å²) >= 11 is 1.64. The van der Waals surface area contributed by atoms with Gasteiger partial charge in [-0.15, -0.1) is 24.2 Å². The summed E-state index contributed by atoms with van der Waals surface area (Å²) in [5, 5.41) is 1.08. The molecule has 1 amide bonds. The van der Waals surface area contributed by atoms with E-state index < -0.39 is 0 Å². The molecule has 0 bridgehead atoms. The molecule has 0 saturated carbocycles. The number of likely N-dealkylation sites (tertiary alicyclic amines) is 1. The molecule has 4 rings (SSSR count). The van der Waals surface area contributed by atoms with Gasteiger partial charge in [0.2, 0.25) is 0 Å². The maximum atomic E-state index is 13.0. The molecule has 0 radical (unpaired) electrons. The first-order chi connectivity index (χ1) is 12.2. The van der Waals surface area contributed by atoms with Crippen LogP contribution in [-0.2, 0) is 4.79 Å². The number of H-pyrrole nitrogens is 1. The van der Waals surface area contributed by atoms with Crippen molar-refractivity contribution in [3.05, 3.63) is 35.6 Å². The molecule has 4 heterocycles. The normalized spacial score (nSPS) is 21.1. The molecule has 0 aromatic carbocycles. The molecule has 2 aromatic heterocycles. The highest BCUT2D eigenvalue weighted by molar-refractivity contribution is 8.04. The summed E-state index contributed by atoms with van der Waals surface area (Å²) in [7, 11) is 0. The van der Waals surface area contributed by atoms with E-state index in [9.17, 15) is 4.79 Å². The number of hydrogen-bond acceptors (Lipinski definition) is 5. The number of hydrogen-bond donors (Lipinski definition) is 2. The maximum absolute atomic E-state index is 13.0. The molecule has 0 unspecified atom stereocenters. The van der Waals surface area contributed by atoms with E-state index in [0.717, 1.165) is 59.7 Å². The van der Waals surface area contributed by atoms with Gasteiger partial charge < -0.3 is 20.5 Å². The van der Waals surface area contributed by atoms with Crippen LogP contribution in [0.1, 0.15) is 19.3 Å². The Morgan fingerprint density at radius 1 is 1.31 bits per heavy atom. The van der Waals surface area contributed by atoms with Crippen LogP contribution in [0, 0.1) is 0 Å². The molecule has 3 N–H and O–H groups in total. The van der Waals surface area contributed by atoms with E-state index in [1.165, 1.54) is 0 Å². The molecule has 140 valence electrons. The SMILES string of the molecule is Cl.N[C@H]1CCCCN(C(=O)C2=CN(c3ccnc4[nH]ccc34)CCS2)C1. The number of amides is 1. The van der Waals surface area contributed by atoms with Crippen LogP contribution in [0.5, 0.6) is 0 Å². The minimum absolute atomic E-state index is 0. The van der Waals surface area contributed by atoms with Crippen LogP contribution in [0.25, 0.3) is 11.0 Å². The zero-order valence-corrected chi connectivity index (χ0v) is 16.2. The number of nitrogens with two attached hydrogens (primary N) is 1. The smallest absolute Gasteiger partial charge is 0.261 e. The number of fused-ring (bicyclic) bond motifs is 1. The van der Waals surface area contributed by atoms with E-state index in [1.54, 1.807) is 18.0 Å². The van der Waals surface area contributed by atoms with Crippen LogP contribution in [0.2, 0.25) is 0 Å². The Bertz CT molecular complexity index is 808. The minimum Gasteiger partial charge on any atom is -0.346 e. The second-order valence-corrected chi connectivity index (χ2v) is 7.75. The number of anilines is 1. The highest BCUT2D eigenvalue weighted by Crippen LogP contribution is 2.31. The summed E-state index contributed by atoms with van der Waals surface area (Å²) in [6.07, 6.45) is 8.84. The molecule has 8 heteroatoms. The predicted molar refractivity (Wildman–Crippen MR) is 110 cm³/mol. The van der Waals surface area contributed by atoms with E-state index in [4.69, 9.17) is 5.73 Å². The number of carbonyl (C=O) groups is 1. The van der Waals surface area contributed by atoms with Gasteiger partial charge in [0.1, 0.15) is 5.65 Å². The number of rotatable bonds is 2. The first kappa shape index (κ1) is 19.1. The predicted octanol–water partition coefficient (Wildman–Crippen LogP) is 2.72. The second-order valence-electron chi connectivity index (χ2n) is 6.61. The fourth-order valence-electron chi connectivity index (χ4n) is 3.52. The van der Waals surface area contributed by atoms with Gasteiger partial charge in [-0.2, -0.15) is 0 Å². The van der Waals surface area contributed by atoms with Gasteiger partial charge in [-0.05, 0) is 25.0 Å². The summed E-state index contributed by atoms with van der Waals surface area (Å²) in [4.78, 5) is 25.4. The monoisotopic (exact) mass is 393 g/mol. The lowest BCUT2D eigenvalue weighted by atomic mass is 10.2. The van der Waals surface area contributed by atoms with Gasteiger partial charge in [0.15, 0.2) is 0 Å². The van der Waals surface area contributed by atoms with Crippen molar-refractivity contribution in [2.24, 2.45) is 5.73 Å². The van der Waals surface area contributed by atoms with Gasteiger partial charge >= 0.3 is 0 Å².